The molecule has 0 spiro atoms. The van der Waals surface area contributed by atoms with E-state index < -0.39 is 0 Å². The van der Waals surface area contributed by atoms with Crippen LogP contribution < -0.4 is 0 Å². The molecular weight excluding hydrogens is 260 g/mol. The minimum Gasteiger partial charge on any atom is -0.204 e. The monoisotopic (exact) mass is 263 g/mol. The summed E-state index contributed by atoms with van der Waals surface area (Å²) in [6, 6.07) is 0. The number of aromatic nitrogens is 5. The van der Waals surface area contributed by atoms with Gasteiger partial charge in [0.25, 0.3) is 5.95 Å². The summed E-state index contributed by atoms with van der Waals surface area (Å²) < 4.78 is 1.39. The van der Waals surface area contributed by atoms with E-state index in [0.717, 1.165) is 0 Å². The molecule has 0 bridgehead atoms. The molecule has 0 aromatic carbocycles. The lowest BCUT2D eigenvalue weighted by molar-refractivity contribution is 0.785. The second-order valence-electron chi connectivity index (χ2n) is 2.68. The quantitative estimate of drug-likeness (QED) is 0.793. The van der Waals surface area contributed by atoms with Gasteiger partial charge in [-0.1, -0.05) is 11.6 Å². The van der Waals surface area contributed by atoms with Gasteiger partial charge in [-0.25, -0.2) is 4.68 Å². The van der Waals surface area contributed by atoms with E-state index in [4.69, 9.17) is 34.8 Å². The highest BCUT2D eigenvalue weighted by molar-refractivity contribution is 6.31. The molecule has 5 nitrogen and oxygen atoms in total. The van der Waals surface area contributed by atoms with Crippen LogP contribution in [-0.4, -0.2) is 24.7 Å². The molecule has 0 amide bonds. The van der Waals surface area contributed by atoms with Gasteiger partial charge in [0.1, 0.15) is 0 Å². The molecular formula is C7H4Cl3N5. The van der Waals surface area contributed by atoms with Gasteiger partial charge in [0, 0.05) is 0 Å². The third-order valence-corrected chi connectivity index (χ3v) is 2.32. The topological polar surface area (TPSA) is 56.5 Å². The number of nitrogens with zero attached hydrogens (tertiary/aromatic N) is 5. The van der Waals surface area contributed by atoms with E-state index in [1.54, 1.807) is 13.1 Å². The normalized spacial score (nSPS) is 10.7. The first-order valence-electron chi connectivity index (χ1n) is 3.85. The zero-order valence-electron chi connectivity index (χ0n) is 7.45. The highest BCUT2D eigenvalue weighted by atomic mass is 35.5. The summed E-state index contributed by atoms with van der Waals surface area (Å²) in [4.78, 5) is 11.3. The average Bonchev–Trinajstić information content (AvgIpc) is 2.45. The van der Waals surface area contributed by atoms with Crippen LogP contribution in [0.25, 0.3) is 5.95 Å². The number of aryl methyl sites for hydroxylation is 1. The number of hydrogen-bond acceptors (Lipinski definition) is 4. The molecule has 0 aliphatic heterocycles. The Morgan fingerprint density at radius 3 is 2.13 bits per heavy atom. The average molecular weight is 265 g/mol. The van der Waals surface area contributed by atoms with Crippen LogP contribution in [0.1, 0.15) is 5.69 Å². The highest BCUT2D eigenvalue weighted by Crippen LogP contribution is 2.15. The second-order valence-corrected chi connectivity index (χ2v) is 3.76. The number of hydrogen-bond donors (Lipinski definition) is 0. The Hall–Kier alpha value is -0.910. The maximum absolute atomic E-state index is 5.84. The molecule has 0 saturated heterocycles. The summed E-state index contributed by atoms with van der Waals surface area (Å²) in [5.74, 6) is 0.231. The molecule has 0 aliphatic carbocycles. The van der Waals surface area contributed by atoms with E-state index in [-0.39, 0.29) is 16.5 Å². The van der Waals surface area contributed by atoms with Crippen molar-refractivity contribution in [3.63, 3.8) is 0 Å². The minimum absolute atomic E-state index is 0.00859. The maximum atomic E-state index is 5.84. The molecule has 8 heteroatoms. The summed E-state index contributed by atoms with van der Waals surface area (Å²) in [6.07, 6.45) is 1.57. The van der Waals surface area contributed by atoms with Gasteiger partial charge >= 0.3 is 0 Å². The van der Waals surface area contributed by atoms with Crippen molar-refractivity contribution in [3.05, 3.63) is 27.5 Å². The zero-order valence-corrected chi connectivity index (χ0v) is 9.72. The van der Waals surface area contributed by atoms with E-state index >= 15 is 0 Å². The SMILES string of the molecule is Cc1nn(-c2nc(Cl)nc(Cl)n2)cc1Cl. The van der Waals surface area contributed by atoms with E-state index in [2.05, 4.69) is 20.1 Å². The van der Waals surface area contributed by atoms with Gasteiger partial charge in [0.2, 0.25) is 10.6 Å². The van der Waals surface area contributed by atoms with Crippen LogP contribution in [0.4, 0.5) is 0 Å². The Morgan fingerprint density at radius 2 is 1.67 bits per heavy atom. The third kappa shape index (κ3) is 2.19. The first-order valence-corrected chi connectivity index (χ1v) is 4.99. The van der Waals surface area contributed by atoms with Crippen molar-refractivity contribution in [2.24, 2.45) is 0 Å². The van der Waals surface area contributed by atoms with Crippen LogP contribution in [-0.2, 0) is 0 Å². The van der Waals surface area contributed by atoms with Crippen molar-refractivity contribution in [3.8, 4) is 5.95 Å². The van der Waals surface area contributed by atoms with Crippen molar-refractivity contribution in [2.75, 3.05) is 0 Å². The molecule has 2 rings (SSSR count). The van der Waals surface area contributed by atoms with Crippen LogP contribution in [0.5, 0.6) is 0 Å². The van der Waals surface area contributed by atoms with Crippen LogP contribution in [0.2, 0.25) is 15.6 Å². The van der Waals surface area contributed by atoms with Crippen molar-refractivity contribution < 1.29 is 0 Å². The Kier molecular flexibility index (Phi) is 2.77. The second kappa shape index (κ2) is 3.92. The smallest absolute Gasteiger partial charge is 0.204 e. The van der Waals surface area contributed by atoms with E-state index in [0.29, 0.717) is 10.7 Å². The predicted molar refractivity (Wildman–Crippen MR) is 56.7 cm³/mol. The van der Waals surface area contributed by atoms with Gasteiger partial charge in [-0.15, -0.1) is 0 Å². The fourth-order valence-electron chi connectivity index (χ4n) is 0.960. The molecule has 0 atom stereocenters. The van der Waals surface area contributed by atoms with Crippen LogP contribution in [0.3, 0.4) is 0 Å². The maximum Gasteiger partial charge on any atom is 0.256 e. The molecule has 2 aromatic rings. The molecule has 15 heavy (non-hydrogen) atoms. The Morgan fingerprint density at radius 1 is 1.07 bits per heavy atom. The van der Waals surface area contributed by atoms with Crippen molar-refractivity contribution >= 4 is 34.8 Å². The first kappa shape index (κ1) is 10.6. The predicted octanol–water partition coefficient (Wildman–Crippen LogP) is 2.33. The highest BCUT2D eigenvalue weighted by Gasteiger charge is 2.08. The van der Waals surface area contributed by atoms with Gasteiger partial charge in [0.05, 0.1) is 16.9 Å². The van der Waals surface area contributed by atoms with Crippen molar-refractivity contribution in [1.82, 2.24) is 24.7 Å². The zero-order chi connectivity index (χ0) is 11.0. The van der Waals surface area contributed by atoms with Gasteiger partial charge in [-0.05, 0) is 30.1 Å². The largest absolute Gasteiger partial charge is 0.256 e. The summed E-state index contributed by atoms with van der Waals surface area (Å²) in [5, 5.41) is 4.61. The number of rotatable bonds is 1. The Balaban J connectivity index is 2.53. The molecule has 0 saturated carbocycles. The molecule has 2 heterocycles. The summed E-state index contributed by atoms with van der Waals surface area (Å²) in [6.45, 7) is 1.77. The lowest BCUT2D eigenvalue weighted by Gasteiger charge is -1.98. The molecule has 0 unspecified atom stereocenters. The molecule has 0 fully saturated rings. The summed E-state index contributed by atoms with van der Waals surface area (Å²) >= 11 is 17.1. The van der Waals surface area contributed by atoms with Gasteiger partial charge in [-0.3, -0.25) is 0 Å². The molecule has 2 aromatic heterocycles. The van der Waals surface area contributed by atoms with E-state index in [1.165, 1.54) is 4.68 Å². The van der Waals surface area contributed by atoms with Gasteiger partial charge < -0.3 is 0 Å². The molecule has 78 valence electrons. The van der Waals surface area contributed by atoms with Crippen LogP contribution in [0.15, 0.2) is 6.20 Å². The minimum atomic E-state index is 0.00859. The number of halogens is 3. The lowest BCUT2D eigenvalue weighted by Crippen LogP contribution is -2.03. The van der Waals surface area contributed by atoms with E-state index in [1.807, 2.05) is 0 Å². The lowest BCUT2D eigenvalue weighted by atomic mass is 10.5. The molecule has 0 N–H and O–H groups in total. The third-order valence-electron chi connectivity index (χ3n) is 1.61. The summed E-state index contributed by atoms with van der Waals surface area (Å²) in [7, 11) is 0. The summed E-state index contributed by atoms with van der Waals surface area (Å²) in [5.41, 5.74) is 0.671. The van der Waals surface area contributed by atoms with Crippen molar-refractivity contribution in [1.29, 1.82) is 0 Å². The Labute approximate surface area is 100 Å². The van der Waals surface area contributed by atoms with Crippen molar-refractivity contribution in [2.45, 2.75) is 6.92 Å². The fraction of sp³-hybridized carbons (Fsp3) is 0.143. The fourth-order valence-corrected chi connectivity index (χ4v) is 1.44. The molecule has 0 radical (unpaired) electrons. The van der Waals surface area contributed by atoms with E-state index in [9.17, 15) is 0 Å². The van der Waals surface area contributed by atoms with Crippen LogP contribution >= 0.6 is 34.8 Å². The Bertz CT molecular complexity index is 470. The standard InChI is InChI=1S/C7H4Cl3N5/c1-3-4(8)2-15(14-3)7-12-5(9)11-6(10)13-7/h2H,1H3. The van der Waals surface area contributed by atoms with Gasteiger partial charge in [-0.2, -0.15) is 20.1 Å². The van der Waals surface area contributed by atoms with Gasteiger partial charge in [0.15, 0.2) is 0 Å². The molecule has 0 aliphatic rings. The van der Waals surface area contributed by atoms with Crippen LogP contribution in [0, 0.1) is 6.92 Å². The first-order chi connectivity index (χ1) is 7.06.